The van der Waals surface area contributed by atoms with Gasteiger partial charge in [0, 0.05) is 31.7 Å². The number of carbonyl (C=O) groups is 2. The zero-order valence-corrected chi connectivity index (χ0v) is 21.0. The van der Waals surface area contributed by atoms with Crippen molar-refractivity contribution in [3.8, 4) is 17.2 Å². The third-order valence-electron chi connectivity index (χ3n) is 6.79. The van der Waals surface area contributed by atoms with Crippen LogP contribution in [0.15, 0.2) is 48.0 Å². The van der Waals surface area contributed by atoms with Crippen LogP contribution in [-0.2, 0) is 14.3 Å². The standard InChI is InChI=1S/C28H32N2O7/c1-2-13-35-21-6-3-19(4-7-21)25-24(26(31)20-5-8-22-23(18-20)37-17-16-36-22)27(32)28(33)30(25)10-9-29-11-14-34-15-12-29/h3-8,18,25,31H,2,9-17H2,1H3/t25-/m1/s1. The van der Waals surface area contributed by atoms with Crippen LogP contribution < -0.4 is 14.2 Å². The molecule has 196 valence electrons. The molecule has 3 aliphatic heterocycles. The average molecular weight is 509 g/mol. The third kappa shape index (κ3) is 5.28. The van der Waals surface area contributed by atoms with E-state index in [1.807, 2.05) is 31.2 Å². The number of nitrogens with zero attached hydrogens (tertiary/aromatic N) is 2. The number of fused-ring (bicyclic) bond motifs is 1. The highest BCUT2D eigenvalue weighted by Gasteiger charge is 2.46. The molecule has 2 saturated heterocycles. The van der Waals surface area contributed by atoms with E-state index in [4.69, 9.17) is 18.9 Å². The van der Waals surface area contributed by atoms with Gasteiger partial charge in [-0.25, -0.2) is 0 Å². The van der Waals surface area contributed by atoms with E-state index in [9.17, 15) is 14.7 Å². The summed E-state index contributed by atoms with van der Waals surface area (Å²) in [5, 5.41) is 11.4. The molecule has 0 aliphatic carbocycles. The fourth-order valence-electron chi connectivity index (χ4n) is 4.84. The van der Waals surface area contributed by atoms with Crippen molar-refractivity contribution in [3.63, 3.8) is 0 Å². The van der Waals surface area contributed by atoms with E-state index in [0.717, 1.165) is 25.1 Å². The zero-order valence-electron chi connectivity index (χ0n) is 21.0. The maximum absolute atomic E-state index is 13.3. The molecule has 37 heavy (non-hydrogen) atoms. The number of morpholine rings is 1. The maximum Gasteiger partial charge on any atom is 0.295 e. The quantitative estimate of drug-likeness (QED) is 0.330. The van der Waals surface area contributed by atoms with E-state index in [-0.39, 0.29) is 11.3 Å². The summed E-state index contributed by atoms with van der Waals surface area (Å²) in [5.74, 6) is 0.219. The van der Waals surface area contributed by atoms with Crippen molar-refractivity contribution in [2.24, 2.45) is 0 Å². The lowest BCUT2D eigenvalue weighted by Crippen LogP contribution is -2.42. The number of benzene rings is 2. The summed E-state index contributed by atoms with van der Waals surface area (Å²) in [4.78, 5) is 30.4. The van der Waals surface area contributed by atoms with Crippen molar-refractivity contribution in [1.82, 2.24) is 9.80 Å². The number of aliphatic hydroxyl groups is 1. The Labute approximate surface area is 216 Å². The SMILES string of the molecule is CCCOc1ccc([C@@H]2C(=C(O)c3ccc4c(c3)OCCO4)C(=O)C(=O)N2CCN2CCOCC2)cc1. The molecular formula is C28H32N2O7. The topological polar surface area (TPSA) is 97.8 Å². The minimum Gasteiger partial charge on any atom is -0.507 e. The van der Waals surface area contributed by atoms with Crippen molar-refractivity contribution in [3.05, 3.63) is 59.2 Å². The Bertz CT molecular complexity index is 1170. The summed E-state index contributed by atoms with van der Waals surface area (Å²) >= 11 is 0. The van der Waals surface area contributed by atoms with E-state index >= 15 is 0 Å². The van der Waals surface area contributed by atoms with Crippen LogP contribution in [-0.4, -0.2) is 85.8 Å². The first kappa shape index (κ1) is 25.1. The molecule has 2 aromatic carbocycles. The van der Waals surface area contributed by atoms with Crippen LogP contribution in [0.4, 0.5) is 0 Å². The summed E-state index contributed by atoms with van der Waals surface area (Å²) in [7, 11) is 0. The highest BCUT2D eigenvalue weighted by molar-refractivity contribution is 6.46. The second-order valence-electron chi connectivity index (χ2n) is 9.22. The lowest BCUT2D eigenvalue weighted by molar-refractivity contribution is -0.140. The molecule has 0 saturated carbocycles. The number of hydrogen-bond acceptors (Lipinski definition) is 8. The highest BCUT2D eigenvalue weighted by Crippen LogP contribution is 2.41. The molecule has 9 nitrogen and oxygen atoms in total. The zero-order chi connectivity index (χ0) is 25.8. The number of likely N-dealkylation sites (tertiary alicyclic amines) is 1. The number of ether oxygens (including phenoxy) is 4. The van der Waals surface area contributed by atoms with Gasteiger partial charge in [0.15, 0.2) is 11.5 Å². The predicted octanol–water partition coefficient (Wildman–Crippen LogP) is 3.00. The van der Waals surface area contributed by atoms with E-state index in [1.54, 1.807) is 23.1 Å². The van der Waals surface area contributed by atoms with Gasteiger partial charge in [-0.05, 0) is 42.3 Å². The lowest BCUT2D eigenvalue weighted by Gasteiger charge is -2.31. The maximum atomic E-state index is 13.3. The second kappa shape index (κ2) is 11.2. The molecule has 1 amide bonds. The van der Waals surface area contributed by atoms with Crippen molar-refractivity contribution < 1.29 is 33.6 Å². The Morgan fingerprint density at radius 1 is 0.973 bits per heavy atom. The Morgan fingerprint density at radius 2 is 1.70 bits per heavy atom. The molecule has 5 rings (SSSR count). The monoisotopic (exact) mass is 508 g/mol. The molecule has 3 aliphatic rings. The van der Waals surface area contributed by atoms with Gasteiger partial charge in [0.05, 0.1) is 31.4 Å². The molecular weight excluding hydrogens is 476 g/mol. The second-order valence-corrected chi connectivity index (χ2v) is 9.22. The van der Waals surface area contributed by atoms with Crippen LogP contribution in [0.1, 0.15) is 30.5 Å². The smallest absolute Gasteiger partial charge is 0.295 e. The van der Waals surface area contributed by atoms with Gasteiger partial charge >= 0.3 is 0 Å². The van der Waals surface area contributed by atoms with Crippen LogP contribution in [0.2, 0.25) is 0 Å². The Morgan fingerprint density at radius 3 is 2.43 bits per heavy atom. The summed E-state index contributed by atoms with van der Waals surface area (Å²) in [6.07, 6.45) is 0.888. The number of amides is 1. The Hall–Kier alpha value is -3.56. The van der Waals surface area contributed by atoms with Crippen LogP contribution >= 0.6 is 0 Å². The predicted molar refractivity (Wildman–Crippen MR) is 136 cm³/mol. The van der Waals surface area contributed by atoms with Crippen molar-refractivity contribution in [1.29, 1.82) is 0 Å². The Kier molecular flexibility index (Phi) is 7.62. The van der Waals surface area contributed by atoms with Crippen LogP contribution in [0.3, 0.4) is 0 Å². The molecule has 0 radical (unpaired) electrons. The largest absolute Gasteiger partial charge is 0.507 e. The van der Waals surface area contributed by atoms with Gasteiger partial charge in [-0.2, -0.15) is 0 Å². The summed E-state index contributed by atoms with van der Waals surface area (Å²) in [6.45, 7) is 7.27. The first-order valence-electron chi connectivity index (χ1n) is 12.8. The molecule has 9 heteroatoms. The summed E-state index contributed by atoms with van der Waals surface area (Å²) in [6, 6.07) is 11.6. The lowest BCUT2D eigenvalue weighted by atomic mass is 9.95. The number of hydrogen-bond donors (Lipinski definition) is 1. The van der Waals surface area contributed by atoms with Crippen molar-refractivity contribution >= 4 is 17.4 Å². The molecule has 2 fully saturated rings. The van der Waals surface area contributed by atoms with Gasteiger partial charge in [0.2, 0.25) is 0 Å². The number of carbonyl (C=O) groups excluding carboxylic acids is 2. The first-order chi connectivity index (χ1) is 18.1. The van der Waals surface area contributed by atoms with Crippen molar-refractivity contribution in [2.75, 3.05) is 59.2 Å². The van der Waals surface area contributed by atoms with Gasteiger partial charge in [-0.15, -0.1) is 0 Å². The number of rotatable bonds is 8. The number of ketones is 1. The normalized spacial score (nSPS) is 21.3. The fourth-order valence-corrected chi connectivity index (χ4v) is 4.84. The third-order valence-corrected chi connectivity index (χ3v) is 6.79. The molecule has 1 N–H and O–H groups in total. The summed E-state index contributed by atoms with van der Waals surface area (Å²) in [5.41, 5.74) is 1.18. The van der Waals surface area contributed by atoms with E-state index in [1.165, 1.54) is 0 Å². The van der Waals surface area contributed by atoms with Gasteiger partial charge in [-0.1, -0.05) is 19.1 Å². The van der Waals surface area contributed by atoms with E-state index in [0.29, 0.717) is 68.9 Å². The molecule has 3 heterocycles. The van der Waals surface area contributed by atoms with E-state index in [2.05, 4.69) is 4.90 Å². The molecule has 0 bridgehead atoms. The minimum absolute atomic E-state index is 0.0610. The molecule has 0 unspecified atom stereocenters. The van der Waals surface area contributed by atoms with E-state index < -0.39 is 17.7 Å². The van der Waals surface area contributed by atoms with Gasteiger partial charge in [0.25, 0.3) is 11.7 Å². The molecule has 2 aromatic rings. The molecule has 1 atom stereocenters. The number of Topliss-reactive ketones (excluding diaryl/α,β-unsaturated/α-hetero) is 1. The van der Waals surface area contributed by atoms with Gasteiger partial charge in [-0.3, -0.25) is 14.5 Å². The van der Waals surface area contributed by atoms with Gasteiger partial charge in [0.1, 0.15) is 24.7 Å². The van der Waals surface area contributed by atoms with Crippen LogP contribution in [0, 0.1) is 0 Å². The number of aliphatic hydroxyl groups excluding tert-OH is 1. The van der Waals surface area contributed by atoms with Crippen LogP contribution in [0.5, 0.6) is 17.2 Å². The average Bonchev–Trinajstić information content (AvgIpc) is 3.20. The first-order valence-corrected chi connectivity index (χ1v) is 12.8. The molecule has 0 spiro atoms. The van der Waals surface area contributed by atoms with Crippen molar-refractivity contribution in [2.45, 2.75) is 19.4 Å². The highest BCUT2D eigenvalue weighted by atomic mass is 16.6. The fraction of sp³-hybridized carbons (Fsp3) is 0.429. The van der Waals surface area contributed by atoms with Crippen LogP contribution in [0.25, 0.3) is 5.76 Å². The van der Waals surface area contributed by atoms with Gasteiger partial charge < -0.3 is 29.0 Å². The minimum atomic E-state index is -0.727. The summed E-state index contributed by atoms with van der Waals surface area (Å²) < 4.78 is 22.4. The molecule has 0 aromatic heterocycles. The Balaban J connectivity index is 1.51.